The Bertz CT molecular complexity index is 1150. The maximum absolute atomic E-state index is 12.8. The maximum Gasteiger partial charge on any atom is 0.237 e. The lowest BCUT2D eigenvalue weighted by molar-refractivity contribution is -0.115. The van der Waals surface area contributed by atoms with Crippen LogP contribution in [0.1, 0.15) is 31.6 Å². The fraction of sp³-hybridized carbons (Fsp3) is 0.318. The fourth-order valence-corrected chi connectivity index (χ4v) is 4.45. The second-order valence-corrected chi connectivity index (χ2v) is 9.25. The molecule has 1 saturated carbocycles. The normalized spacial score (nSPS) is 15.4. The lowest BCUT2D eigenvalue weighted by Gasteiger charge is -2.14. The van der Waals surface area contributed by atoms with Crippen LogP contribution < -0.4 is 19.5 Å². The van der Waals surface area contributed by atoms with Gasteiger partial charge in [0, 0.05) is 17.8 Å². The Balaban J connectivity index is 1.25. The van der Waals surface area contributed by atoms with Crippen molar-refractivity contribution in [3.05, 3.63) is 53.3 Å². The van der Waals surface area contributed by atoms with Crippen molar-refractivity contribution in [3.63, 3.8) is 0 Å². The van der Waals surface area contributed by atoms with Crippen LogP contribution in [-0.4, -0.2) is 32.7 Å². The molecule has 3 aromatic rings. The van der Waals surface area contributed by atoms with Crippen LogP contribution in [0.25, 0.3) is 0 Å². The lowest BCUT2D eigenvalue weighted by Crippen LogP contribution is -2.23. The third-order valence-corrected chi connectivity index (χ3v) is 6.50. The summed E-state index contributed by atoms with van der Waals surface area (Å²) in [6, 6.07) is 13.0. The number of anilines is 1. The van der Waals surface area contributed by atoms with Gasteiger partial charge >= 0.3 is 0 Å². The molecule has 1 unspecified atom stereocenters. The van der Waals surface area contributed by atoms with E-state index >= 15 is 0 Å². The minimum Gasteiger partial charge on any atom is -0.484 e. The Hall–Kier alpha value is -2.91. The molecule has 1 aliphatic carbocycles. The van der Waals surface area contributed by atoms with Crippen LogP contribution in [0, 0.1) is 0 Å². The van der Waals surface area contributed by atoms with Crippen LogP contribution in [0.5, 0.6) is 17.2 Å². The summed E-state index contributed by atoms with van der Waals surface area (Å²) < 4.78 is 18.6. The van der Waals surface area contributed by atoms with Gasteiger partial charge in [0.1, 0.15) is 12.4 Å². The van der Waals surface area contributed by atoms with Gasteiger partial charge in [-0.3, -0.25) is 9.36 Å². The number of benzene rings is 2. The van der Waals surface area contributed by atoms with Gasteiger partial charge in [-0.2, -0.15) is 0 Å². The van der Waals surface area contributed by atoms with Crippen LogP contribution >= 0.6 is 23.4 Å². The number of thioether (sulfide) groups is 1. The third-order valence-electron chi connectivity index (χ3n) is 5.13. The Kier molecular flexibility index (Phi) is 5.84. The van der Waals surface area contributed by atoms with Gasteiger partial charge in [-0.05, 0) is 44.0 Å². The fourth-order valence-electron chi connectivity index (χ4n) is 3.32. The summed E-state index contributed by atoms with van der Waals surface area (Å²) in [5.74, 6) is 2.49. The number of rotatable bonds is 8. The molecular formula is C22H21ClN4O4S. The number of hydrogen-bond donors (Lipinski definition) is 1. The quantitative estimate of drug-likeness (QED) is 0.475. The minimum atomic E-state index is -0.376. The van der Waals surface area contributed by atoms with E-state index in [2.05, 4.69) is 20.1 Å². The van der Waals surface area contributed by atoms with Crippen molar-refractivity contribution in [2.24, 2.45) is 0 Å². The first kappa shape index (κ1) is 21.0. The third kappa shape index (κ3) is 4.49. The van der Waals surface area contributed by atoms with Crippen LogP contribution in [0.4, 0.5) is 5.69 Å². The number of hydrogen-bond acceptors (Lipinski definition) is 7. The van der Waals surface area contributed by atoms with Crippen molar-refractivity contribution >= 4 is 35.0 Å². The van der Waals surface area contributed by atoms with Gasteiger partial charge in [-0.1, -0.05) is 35.5 Å². The molecule has 0 bridgehead atoms. The number of nitrogens with zero attached hydrogens (tertiary/aromatic N) is 3. The Labute approximate surface area is 194 Å². The number of amides is 1. The van der Waals surface area contributed by atoms with E-state index in [1.165, 1.54) is 11.8 Å². The number of halogens is 1. The number of para-hydroxylation sites is 1. The number of ether oxygens (including phenoxy) is 3. The van der Waals surface area contributed by atoms with Gasteiger partial charge < -0.3 is 19.5 Å². The summed E-state index contributed by atoms with van der Waals surface area (Å²) in [5.41, 5.74) is 0.657. The summed E-state index contributed by atoms with van der Waals surface area (Å²) in [4.78, 5) is 12.8. The summed E-state index contributed by atoms with van der Waals surface area (Å²) >= 11 is 7.56. The first-order valence-corrected chi connectivity index (χ1v) is 11.5. The summed E-state index contributed by atoms with van der Waals surface area (Å²) in [6.07, 6.45) is 2.12. The maximum atomic E-state index is 12.8. The van der Waals surface area contributed by atoms with Crippen molar-refractivity contribution in [1.82, 2.24) is 14.8 Å². The largest absolute Gasteiger partial charge is 0.484 e. The van der Waals surface area contributed by atoms with Crippen LogP contribution in [0.2, 0.25) is 5.02 Å². The van der Waals surface area contributed by atoms with Crippen LogP contribution in [0.15, 0.2) is 47.6 Å². The zero-order valence-electron chi connectivity index (χ0n) is 17.3. The van der Waals surface area contributed by atoms with Gasteiger partial charge in [0.05, 0.1) is 10.3 Å². The van der Waals surface area contributed by atoms with Crippen molar-refractivity contribution < 1.29 is 19.0 Å². The highest BCUT2D eigenvalue weighted by Gasteiger charge is 2.31. The van der Waals surface area contributed by atoms with E-state index in [0.29, 0.717) is 39.2 Å². The Morgan fingerprint density at radius 3 is 2.88 bits per heavy atom. The second-order valence-electron chi connectivity index (χ2n) is 7.54. The zero-order chi connectivity index (χ0) is 22.1. The molecule has 0 spiro atoms. The molecule has 5 rings (SSSR count). The van der Waals surface area contributed by atoms with E-state index in [-0.39, 0.29) is 24.6 Å². The highest BCUT2D eigenvalue weighted by Crippen LogP contribution is 2.40. The Morgan fingerprint density at radius 1 is 1.25 bits per heavy atom. The van der Waals surface area contributed by atoms with Gasteiger partial charge in [0.25, 0.3) is 0 Å². The molecule has 10 heteroatoms. The molecule has 1 atom stereocenters. The average Bonchev–Trinajstić information content (AvgIpc) is 3.38. The topological polar surface area (TPSA) is 87.5 Å². The van der Waals surface area contributed by atoms with Gasteiger partial charge in [0.15, 0.2) is 22.5 Å². The van der Waals surface area contributed by atoms with Crippen LogP contribution in [0.3, 0.4) is 0 Å². The molecule has 1 aliphatic heterocycles. The van der Waals surface area contributed by atoms with Gasteiger partial charge in [-0.15, -0.1) is 10.2 Å². The van der Waals surface area contributed by atoms with Crippen molar-refractivity contribution in [2.45, 2.75) is 42.8 Å². The summed E-state index contributed by atoms with van der Waals surface area (Å²) in [7, 11) is 0. The first-order valence-electron chi connectivity index (χ1n) is 10.3. The first-order chi connectivity index (χ1) is 15.6. The van der Waals surface area contributed by atoms with E-state index < -0.39 is 0 Å². The highest BCUT2D eigenvalue weighted by molar-refractivity contribution is 8.00. The van der Waals surface area contributed by atoms with E-state index in [9.17, 15) is 4.79 Å². The number of nitrogens with one attached hydrogen (secondary N) is 1. The zero-order valence-corrected chi connectivity index (χ0v) is 18.9. The molecule has 1 N–H and O–H groups in total. The molecule has 2 aliphatic rings. The van der Waals surface area contributed by atoms with E-state index in [1.54, 1.807) is 24.3 Å². The van der Waals surface area contributed by atoms with Crippen LogP contribution in [-0.2, 0) is 11.4 Å². The molecule has 1 amide bonds. The molecule has 1 aromatic heterocycles. The SMILES string of the molecule is CC(Sc1nnc(COc2ccccc2Cl)n1C1CC1)C(=O)Nc1ccc2c(c1)OCO2. The number of fused-ring (bicyclic) bond motifs is 1. The molecule has 1 fully saturated rings. The standard InChI is InChI=1S/C22H21ClN4O4S/c1-13(21(28)24-14-6-9-18-19(10-14)31-12-30-18)32-22-26-25-20(27(22)15-7-8-15)11-29-17-5-3-2-4-16(17)23/h2-6,9-10,13,15H,7-8,11-12H2,1H3,(H,24,28). The smallest absolute Gasteiger partial charge is 0.237 e. The molecular weight excluding hydrogens is 452 g/mol. The molecule has 2 heterocycles. The minimum absolute atomic E-state index is 0.131. The number of carbonyl (C=O) groups excluding carboxylic acids is 1. The summed E-state index contributed by atoms with van der Waals surface area (Å²) in [6.45, 7) is 2.29. The van der Waals surface area contributed by atoms with E-state index in [4.69, 9.17) is 25.8 Å². The summed E-state index contributed by atoms with van der Waals surface area (Å²) in [5, 5.41) is 12.5. The molecule has 0 radical (unpaired) electrons. The van der Waals surface area contributed by atoms with Crippen molar-refractivity contribution in [3.8, 4) is 17.2 Å². The lowest BCUT2D eigenvalue weighted by atomic mass is 10.2. The van der Waals surface area contributed by atoms with E-state index in [0.717, 1.165) is 18.7 Å². The molecule has 166 valence electrons. The predicted octanol–water partition coefficient (Wildman–Crippen LogP) is 4.69. The van der Waals surface area contributed by atoms with Gasteiger partial charge in [-0.25, -0.2) is 0 Å². The molecule has 8 nitrogen and oxygen atoms in total. The predicted molar refractivity (Wildman–Crippen MR) is 121 cm³/mol. The number of aromatic nitrogens is 3. The molecule has 32 heavy (non-hydrogen) atoms. The van der Waals surface area contributed by atoms with Crippen molar-refractivity contribution in [1.29, 1.82) is 0 Å². The average molecular weight is 473 g/mol. The monoisotopic (exact) mass is 472 g/mol. The van der Waals surface area contributed by atoms with Gasteiger partial charge in [0.2, 0.25) is 12.7 Å². The van der Waals surface area contributed by atoms with E-state index in [1.807, 2.05) is 25.1 Å². The number of carbonyl (C=O) groups is 1. The molecule has 2 aromatic carbocycles. The Morgan fingerprint density at radius 2 is 2.06 bits per heavy atom. The second kappa shape index (κ2) is 8.91. The molecule has 0 saturated heterocycles. The van der Waals surface area contributed by atoms with Crippen molar-refractivity contribution in [2.75, 3.05) is 12.1 Å². The highest BCUT2D eigenvalue weighted by atomic mass is 35.5.